The number of guanidine groups is 1. The van der Waals surface area contributed by atoms with Crippen molar-refractivity contribution < 1.29 is 9.47 Å². The second-order valence-corrected chi connectivity index (χ2v) is 4.86. The van der Waals surface area contributed by atoms with Gasteiger partial charge in [-0.2, -0.15) is 0 Å². The molecule has 1 rings (SSSR count). The van der Waals surface area contributed by atoms with Gasteiger partial charge in [-0.3, -0.25) is 0 Å². The van der Waals surface area contributed by atoms with Gasteiger partial charge in [-0.15, -0.1) is 0 Å². The quantitative estimate of drug-likeness (QED) is 0.638. The third-order valence-electron chi connectivity index (χ3n) is 2.13. The number of anilines is 1. The summed E-state index contributed by atoms with van der Waals surface area (Å²) in [5.41, 5.74) is 6.34. The van der Waals surface area contributed by atoms with E-state index in [0.717, 1.165) is 11.4 Å². The van der Waals surface area contributed by atoms with Gasteiger partial charge in [0.25, 0.3) is 0 Å². The van der Waals surface area contributed by atoms with Gasteiger partial charge in [0, 0.05) is 6.07 Å². The van der Waals surface area contributed by atoms with Gasteiger partial charge < -0.3 is 20.5 Å². The second-order valence-electron chi connectivity index (χ2n) is 4.86. The van der Waals surface area contributed by atoms with Gasteiger partial charge in [0.05, 0.1) is 25.4 Å². The fourth-order valence-electron chi connectivity index (χ4n) is 1.44. The van der Waals surface area contributed by atoms with Crippen LogP contribution in [-0.2, 0) is 0 Å². The zero-order valence-corrected chi connectivity index (χ0v) is 11.6. The third kappa shape index (κ3) is 4.16. The van der Waals surface area contributed by atoms with E-state index in [-0.39, 0.29) is 5.54 Å². The largest absolute Gasteiger partial charge is 0.497 e. The van der Waals surface area contributed by atoms with Crippen molar-refractivity contribution in [2.24, 2.45) is 10.7 Å². The first kappa shape index (κ1) is 14.2. The molecule has 5 nitrogen and oxygen atoms in total. The highest BCUT2D eigenvalue weighted by Crippen LogP contribution is 2.28. The number of hydrogen-bond donors (Lipinski definition) is 2. The zero-order valence-electron chi connectivity index (χ0n) is 11.6. The molecule has 18 heavy (non-hydrogen) atoms. The maximum absolute atomic E-state index is 5.85. The topological polar surface area (TPSA) is 68.9 Å². The molecule has 0 heterocycles. The third-order valence-corrected chi connectivity index (χ3v) is 2.13. The Morgan fingerprint density at radius 3 is 2.39 bits per heavy atom. The lowest BCUT2D eigenvalue weighted by Crippen LogP contribution is -2.27. The summed E-state index contributed by atoms with van der Waals surface area (Å²) in [6.45, 7) is 5.93. The molecule has 0 radical (unpaired) electrons. The highest BCUT2D eigenvalue weighted by Gasteiger charge is 2.10. The van der Waals surface area contributed by atoms with Gasteiger partial charge in [-0.1, -0.05) is 0 Å². The van der Waals surface area contributed by atoms with E-state index < -0.39 is 0 Å². The molecule has 0 aliphatic heterocycles. The Bertz CT molecular complexity index is 436. The summed E-state index contributed by atoms with van der Waals surface area (Å²) in [5, 5.41) is 3.02. The Kier molecular flexibility index (Phi) is 4.42. The van der Waals surface area contributed by atoms with Crippen molar-refractivity contribution in [1.82, 2.24) is 0 Å². The van der Waals surface area contributed by atoms with Crippen LogP contribution in [-0.4, -0.2) is 25.7 Å². The van der Waals surface area contributed by atoms with Crippen molar-refractivity contribution in [3.8, 4) is 11.5 Å². The van der Waals surface area contributed by atoms with Crippen molar-refractivity contribution in [2.45, 2.75) is 26.3 Å². The summed E-state index contributed by atoms with van der Waals surface area (Å²) < 4.78 is 10.4. The fourth-order valence-corrected chi connectivity index (χ4v) is 1.44. The number of rotatable bonds is 3. The molecule has 5 heteroatoms. The number of nitrogens with zero attached hydrogens (tertiary/aromatic N) is 1. The number of ether oxygens (including phenoxy) is 2. The van der Waals surface area contributed by atoms with Gasteiger partial charge in [-0.05, 0) is 32.9 Å². The molecule has 1 aromatic rings. The predicted molar refractivity (Wildman–Crippen MR) is 74.5 cm³/mol. The zero-order chi connectivity index (χ0) is 13.8. The summed E-state index contributed by atoms with van der Waals surface area (Å²) in [4.78, 5) is 4.32. The first-order valence-corrected chi connectivity index (χ1v) is 5.70. The Balaban J connectivity index is 2.98. The van der Waals surface area contributed by atoms with Gasteiger partial charge in [0.1, 0.15) is 11.5 Å². The van der Waals surface area contributed by atoms with E-state index in [4.69, 9.17) is 15.2 Å². The van der Waals surface area contributed by atoms with Crippen LogP contribution in [0.5, 0.6) is 11.5 Å². The Morgan fingerprint density at radius 2 is 1.89 bits per heavy atom. The van der Waals surface area contributed by atoms with E-state index in [1.807, 2.05) is 39.0 Å². The van der Waals surface area contributed by atoms with Gasteiger partial charge in [-0.25, -0.2) is 4.99 Å². The highest BCUT2D eigenvalue weighted by molar-refractivity contribution is 5.94. The van der Waals surface area contributed by atoms with Gasteiger partial charge >= 0.3 is 0 Å². The average molecular weight is 251 g/mol. The number of nitrogens with one attached hydrogen (secondary N) is 1. The molecule has 3 N–H and O–H groups in total. The number of nitrogens with two attached hydrogens (primary N) is 1. The summed E-state index contributed by atoms with van der Waals surface area (Å²) in [6, 6.07) is 5.44. The first-order valence-electron chi connectivity index (χ1n) is 5.70. The van der Waals surface area contributed by atoms with Crippen LogP contribution in [0.1, 0.15) is 20.8 Å². The molecular weight excluding hydrogens is 230 g/mol. The molecule has 0 aliphatic carbocycles. The number of methoxy groups -OCH3 is 2. The van der Waals surface area contributed by atoms with Crippen molar-refractivity contribution in [2.75, 3.05) is 19.5 Å². The smallest absolute Gasteiger partial charge is 0.193 e. The molecule has 1 aromatic carbocycles. The van der Waals surface area contributed by atoms with Crippen LogP contribution >= 0.6 is 0 Å². The summed E-state index contributed by atoms with van der Waals surface area (Å²) >= 11 is 0. The molecule has 0 unspecified atom stereocenters. The van der Waals surface area contributed by atoms with E-state index in [1.54, 1.807) is 14.2 Å². The van der Waals surface area contributed by atoms with Crippen molar-refractivity contribution in [1.29, 1.82) is 0 Å². The Labute approximate surface area is 108 Å². The molecular formula is C13H21N3O2. The summed E-state index contributed by atoms with van der Waals surface area (Å²) in [7, 11) is 3.21. The molecule has 100 valence electrons. The lowest BCUT2D eigenvalue weighted by molar-refractivity contribution is 0.405. The molecule has 0 saturated carbocycles. The first-order chi connectivity index (χ1) is 8.35. The van der Waals surface area contributed by atoms with Crippen LogP contribution in [0.4, 0.5) is 5.69 Å². The van der Waals surface area contributed by atoms with Gasteiger partial charge in [0.15, 0.2) is 5.96 Å². The molecule has 0 bridgehead atoms. The summed E-state index contributed by atoms with van der Waals surface area (Å²) in [6.07, 6.45) is 0. The minimum Gasteiger partial charge on any atom is -0.497 e. The Morgan fingerprint density at radius 1 is 1.22 bits per heavy atom. The maximum atomic E-state index is 5.85. The lowest BCUT2D eigenvalue weighted by Gasteiger charge is -2.16. The van der Waals surface area contributed by atoms with Crippen LogP contribution in [0, 0.1) is 0 Å². The maximum Gasteiger partial charge on any atom is 0.193 e. The minimum absolute atomic E-state index is 0.233. The van der Waals surface area contributed by atoms with Crippen molar-refractivity contribution in [3.63, 3.8) is 0 Å². The average Bonchev–Trinajstić information content (AvgIpc) is 2.26. The monoisotopic (exact) mass is 251 g/mol. The van der Waals surface area contributed by atoms with Crippen molar-refractivity contribution in [3.05, 3.63) is 18.2 Å². The summed E-state index contributed by atoms with van der Waals surface area (Å²) in [5.74, 6) is 1.75. The lowest BCUT2D eigenvalue weighted by atomic mass is 10.1. The normalized spacial score (nSPS) is 12.2. The molecule has 0 atom stereocenters. The number of benzene rings is 1. The predicted octanol–water partition coefficient (Wildman–Crippen LogP) is 2.23. The van der Waals surface area contributed by atoms with E-state index in [1.165, 1.54) is 0 Å². The Hall–Kier alpha value is -1.91. The van der Waals surface area contributed by atoms with E-state index >= 15 is 0 Å². The molecule has 0 amide bonds. The van der Waals surface area contributed by atoms with Crippen LogP contribution in [0.2, 0.25) is 0 Å². The molecule has 0 fully saturated rings. The van der Waals surface area contributed by atoms with E-state index in [9.17, 15) is 0 Å². The van der Waals surface area contributed by atoms with E-state index in [0.29, 0.717) is 11.7 Å². The number of hydrogen-bond acceptors (Lipinski definition) is 3. The van der Waals surface area contributed by atoms with Crippen LogP contribution in [0.15, 0.2) is 23.2 Å². The molecule has 0 aliphatic rings. The molecule has 0 saturated heterocycles. The fraction of sp³-hybridized carbons (Fsp3) is 0.462. The van der Waals surface area contributed by atoms with Crippen LogP contribution in [0.3, 0.4) is 0 Å². The van der Waals surface area contributed by atoms with E-state index in [2.05, 4.69) is 10.3 Å². The molecule has 0 spiro atoms. The van der Waals surface area contributed by atoms with Crippen LogP contribution < -0.4 is 20.5 Å². The minimum atomic E-state index is -0.233. The van der Waals surface area contributed by atoms with Crippen molar-refractivity contribution >= 4 is 11.6 Å². The van der Waals surface area contributed by atoms with Crippen LogP contribution in [0.25, 0.3) is 0 Å². The SMILES string of the molecule is COc1ccc(OC)c(NC(N)=NC(C)(C)C)c1. The molecule has 0 aromatic heterocycles. The standard InChI is InChI=1S/C13H21N3O2/c1-13(2,3)16-12(14)15-10-8-9(17-4)6-7-11(10)18-5/h6-8H,1-5H3,(H3,14,15,16). The van der Waals surface area contributed by atoms with Gasteiger partial charge in [0.2, 0.25) is 0 Å². The highest BCUT2D eigenvalue weighted by atomic mass is 16.5. The second kappa shape index (κ2) is 5.62. The number of aliphatic imine (C=N–C) groups is 1.